The summed E-state index contributed by atoms with van der Waals surface area (Å²) in [6.07, 6.45) is 2.88. The van der Waals surface area contributed by atoms with Gasteiger partial charge in [-0.25, -0.2) is 4.79 Å². The quantitative estimate of drug-likeness (QED) is 0.433. The number of ether oxygens (including phenoxy) is 1. The van der Waals surface area contributed by atoms with E-state index < -0.39 is 12.0 Å². The number of aryl methyl sites for hydroxylation is 1. The Balaban J connectivity index is 1.41. The molecule has 2 N–H and O–H groups in total. The molecule has 1 aliphatic heterocycles. The number of piperidine rings is 1. The molecule has 194 valence electrons. The van der Waals surface area contributed by atoms with Crippen LogP contribution < -0.4 is 10.1 Å². The van der Waals surface area contributed by atoms with Crippen LogP contribution in [0.5, 0.6) is 5.75 Å². The minimum Gasteiger partial charge on any atom is -0.494 e. The van der Waals surface area contributed by atoms with Gasteiger partial charge in [-0.05, 0) is 67.5 Å². The number of carboxylic acids is 1. The van der Waals surface area contributed by atoms with Crippen molar-refractivity contribution < 1.29 is 24.2 Å². The first-order valence-corrected chi connectivity index (χ1v) is 13.0. The van der Waals surface area contributed by atoms with E-state index in [9.17, 15) is 19.5 Å². The number of amides is 2. The largest absolute Gasteiger partial charge is 0.494 e. The second-order valence-electron chi connectivity index (χ2n) is 9.02. The highest BCUT2D eigenvalue weighted by atomic mass is 35.5. The van der Waals surface area contributed by atoms with Crippen LogP contribution in [0.4, 0.5) is 0 Å². The second-order valence-corrected chi connectivity index (χ2v) is 9.83. The summed E-state index contributed by atoms with van der Waals surface area (Å²) >= 11 is 11.9. The van der Waals surface area contributed by atoms with Crippen LogP contribution in [0.1, 0.15) is 43.7 Å². The number of aliphatic carboxylic acids is 1. The maximum atomic E-state index is 12.6. The molecule has 9 heteroatoms. The van der Waals surface area contributed by atoms with Gasteiger partial charge >= 0.3 is 5.97 Å². The lowest BCUT2D eigenvalue weighted by Crippen LogP contribution is -2.44. The summed E-state index contributed by atoms with van der Waals surface area (Å²) in [5.74, 6) is -0.369. The van der Waals surface area contributed by atoms with Crippen LogP contribution in [0.15, 0.2) is 42.5 Å². The standard InChI is InChI=1S/C27H32Cl2N2O5/c1-2-36-21-7-3-18(4-8-21)6-10-26(33)31-13-11-19(12-14-31)17-25(32)30-24(27(34)35)16-20-5-9-22(28)23(29)15-20/h3-5,7-9,15,19,24H,2,6,10-14,16-17H2,1H3,(H,30,32)(H,34,35)/t24-/m0/s1. The van der Waals surface area contributed by atoms with E-state index in [1.165, 1.54) is 0 Å². The molecule has 0 radical (unpaired) electrons. The average molecular weight is 535 g/mol. The van der Waals surface area contributed by atoms with Crippen molar-refractivity contribution in [3.63, 3.8) is 0 Å². The molecule has 1 saturated heterocycles. The topological polar surface area (TPSA) is 95.9 Å². The molecule has 1 fully saturated rings. The van der Waals surface area contributed by atoms with Crippen molar-refractivity contribution in [2.24, 2.45) is 5.92 Å². The summed E-state index contributed by atoms with van der Waals surface area (Å²) in [6, 6.07) is 11.6. The number of benzene rings is 2. The summed E-state index contributed by atoms with van der Waals surface area (Å²) in [4.78, 5) is 38.8. The van der Waals surface area contributed by atoms with Gasteiger partial charge in [0.05, 0.1) is 16.7 Å². The Labute approximate surface area is 221 Å². The Morgan fingerprint density at radius 1 is 1.06 bits per heavy atom. The van der Waals surface area contributed by atoms with Gasteiger partial charge in [-0.1, -0.05) is 41.4 Å². The van der Waals surface area contributed by atoms with Gasteiger partial charge in [-0.15, -0.1) is 0 Å². The number of halogens is 2. The maximum absolute atomic E-state index is 12.6. The first-order valence-electron chi connectivity index (χ1n) is 12.2. The monoisotopic (exact) mass is 534 g/mol. The molecule has 1 atom stereocenters. The Morgan fingerprint density at radius 2 is 1.72 bits per heavy atom. The molecule has 0 bridgehead atoms. The fraction of sp³-hybridized carbons (Fsp3) is 0.444. The van der Waals surface area contributed by atoms with Crippen molar-refractivity contribution >= 4 is 41.0 Å². The van der Waals surface area contributed by atoms with Gasteiger partial charge in [-0.2, -0.15) is 0 Å². The van der Waals surface area contributed by atoms with Crippen LogP contribution in [0.3, 0.4) is 0 Å². The second kappa shape index (κ2) is 13.5. The highest BCUT2D eigenvalue weighted by Gasteiger charge is 2.26. The number of nitrogens with one attached hydrogen (secondary N) is 1. The van der Waals surface area contributed by atoms with Crippen molar-refractivity contribution in [3.8, 4) is 5.75 Å². The van der Waals surface area contributed by atoms with Gasteiger partial charge in [0.1, 0.15) is 11.8 Å². The van der Waals surface area contributed by atoms with Crippen LogP contribution in [0.2, 0.25) is 10.0 Å². The summed E-state index contributed by atoms with van der Waals surface area (Å²) in [6.45, 7) is 3.76. The van der Waals surface area contributed by atoms with Crippen molar-refractivity contribution in [3.05, 3.63) is 63.6 Å². The van der Waals surface area contributed by atoms with Crippen molar-refractivity contribution in [1.29, 1.82) is 0 Å². The maximum Gasteiger partial charge on any atom is 0.326 e. The molecule has 0 aliphatic carbocycles. The van der Waals surface area contributed by atoms with Gasteiger partial charge in [0.15, 0.2) is 0 Å². The molecule has 3 rings (SSSR count). The zero-order valence-electron chi connectivity index (χ0n) is 20.3. The molecule has 0 spiro atoms. The van der Waals surface area contributed by atoms with E-state index in [0.717, 1.165) is 11.3 Å². The van der Waals surface area contributed by atoms with Gasteiger partial charge in [0.25, 0.3) is 0 Å². The average Bonchev–Trinajstić information content (AvgIpc) is 2.86. The Bertz CT molecular complexity index is 1050. The molecule has 2 aromatic carbocycles. The molecule has 0 aromatic heterocycles. The van der Waals surface area contributed by atoms with Gasteiger partial charge < -0.3 is 20.1 Å². The summed E-state index contributed by atoms with van der Waals surface area (Å²) < 4.78 is 5.44. The minimum atomic E-state index is -1.11. The zero-order chi connectivity index (χ0) is 26.1. The summed E-state index contributed by atoms with van der Waals surface area (Å²) in [7, 11) is 0. The predicted molar refractivity (Wildman–Crippen MR) is 140 cm³/mol. The summed E-state index contributed by atoms with van der Waals surface area (Å²) in [5.41, 5.74) is 1.77. The van der Waals surface area contributed by atoms with E-state index in [4.69, 9.17) is 27.9 Å². The molecular weight excluding hydrogens is 503 g/mol. The van der Waals surface area contributed by atoms with Gasteiger partial charge in [0.2, 0.25) is 11.8 Å². The first-order chi connectivity index (χ1) is 17.2. The third-order valence-corrected chi connectivity index (χ3v) is 7.10. The number of rotatable bonds is 11. The number of hydrogen-bond acceptors (Lipinski definition) is 4. The van der Waals surface area contributed by atoms with Crippen LogP contribution in [0.25, 0.3) is 0 Å². The Kier molecular flexibility index (Phi) is 10.4. The number of likely N-dealkylation sites (tertiary alicyclic amines) is 1. The molecule has 2 amide bonds. The van der Waals surface area contributed by atoms with E-state index in [1.807, 2.05) is 36.1 Å². The third-order valence-electron chi connectivity index (χ3n) is 6.36. The number of hydrogen-bond donors (Lipinski definition) is 2. The van der Waals surface area contributed by atoms with Gasteiger partial charge in [0, 0.05) is 32.4 Å². The summed E-state index contributed by atoms with van der Waals surface area (Å²) in [5, 5.41) is 12.9. The van der Waals surface area contributed by atoms with Crippen LogP contribution >= 0.6 is 23.2 Å². The van der Waals surface area contributed by atoms with Gasteiger partial charge in [-0.3, -0.25) is 9.59 Å². The fourth-order valence-corrected chi connectivity index (χ4v) is 4.65. The highest BCUT2D eigenvalue weighted by molar-refractivity contribution is 6.42. The molecule has 1 heterocycles. The molecular formula is C27H32Cl2N2O5. The SMILES string of the molecule is CCOc1ccc(CCC(=O)N2CCC(CC(=O)N[C@@H](Cc3ccc(Cl)c(Cl)c3)C(=O)O)CC2)cc1. The molecule has 1 aliphatic rings. The van der Waals surface area contributed by atoms with Crippen LogP contribution in [-0.2, 0) is 27.2 Å². The highest BCUT2D eigenvalue weighted by Crippen LogP contribution is 2.24. The Morgan fingerprint density at radius 3 is 2.33 bits per heavy atom. The first kappa shape index (κ1) is 27.8. The minimum absolute atomic E-state index is 0.110. The van der Waals surface area contributed by atoms with E-state index in [-0.39, 0.29) is 30.6 Å². The molecule has 36 heavy (non-hydrogen) atoms. The lowest BCUT2D eigenvalue weighted by atomic mass is 9.92. The lowest BCUT2D eigenvalue weighted by Gasteiger charge is -2.32. The van der Waals surface area contributed by atoms with E-state index in [1.54, 1.807) is 18.2 Å². The molecule has 0 saturated carbocycles. The normalized spacial score (nSPS) is 14.8. The van der Waals surface area contributed by atoms with Crippen molar-refractivity contribution in [1.82, 2.24) is 10.2 Å². The number of carbonyl (C=O) groups is 3. The Hall–Kier alpha value is -2.77. The molecule has 0 unspecified atom stereocenters. The van der Waals surface area contributed by atoms with Crippen molar-refractivity contribution in [2.45, 2.75) is 51.5 Å². The van der Waals surface area contributed by atoms with Crippen LogP contribution in [-0.4, -0.2) is 53.5 Å². The number of nitrogens with zero attached hydrogens (tertiary/aromatic N) is 1. The lowest BCUT2D eigenvalue weighted by molar-refractivity contribution is -0.142. The van der Waals surface area contributed by atoms with E-state index in [0.29, 0.717) is 61.0 Å². The van der Waals surface area contributed by atoms with Crippen LogP contribution in [0, 0.1) is 5.92 Å². The molecule has 7 nitrogen and oxygen atoms in total. The zero-order valence-corrected chi connectivity index (χ0v) is 21.9. The number of carbonyl (C=O) groups excluding carboxylic acids is 2. The predicted octanol–water partition coefficient (Wildman–Crippen LogP) is 4.77. The van der Waals surface area contributed by atoms with Crippen molar-refractivity contribution in [2.75, 3.05) is 19.7 Å². The third kappa shape index (κ3) is 8.42. The molecule has 2 aromatic rings. The van der Waals surface area contributed by atoms with E-state index in [2.05, 4.69) is 5.32 Å². The van der Waals surface area contributed by atoms with E-state index >= 15 is 0 Å². The number of carboxylic acid groups (broad SMARTS) is 1. The fourth-order valence-electron chi connectivity index (χ4n) is 4.33. The smallest absolute Gasteiger partial charge is 0.326 e.